The number of rotatable bonds is 8. The van der Waals surface area contributed by atoms with Crippen LogP contribution in [0.25, 0.3) is 0 Å². The molecule has 2 heteroatoms. The first-order valence-corrected chi connectivity index (χ1v) is 6.18. The van der Waals surface area contributed by atoms with E-state index in [2.05, 4.69) is 6.92 Å². The summed E-state index contributed by atoms with van der Waals surface area (Å²) in [4.78, 5) is 0. The third kappa shape index (κ3) is 5.76. The van der Waals surface area contributed by atoms with E-state index in [1.54, 1.807) is 12.1 Å². The van der Waals surface area contributed by atoms with Crippen molar-refractivity contribution in [1.82, 2.24) is 0 Å². The molecule has 1 N–H and O–H groups in total. The second-order valence-electron chi connectivity index (χ2n) is 4.09. The predicted octanol–water partition coefficient (Wildman–Crippen LogP) is 3.53. The first kappa shape index (κ1) is 13.0. The molecule has 0 bridgehead atoms. The van der Waals surface area contributed by atoms with Gasteiger partial charge in [-0.2, -0.15) is 0 Å². The molecular formula is C14H22O2. The minimum absolute atomic E-state index is 0.323. The predicted molar refractivity (Wildman–Crippen MR) is 66.8 cm³/mol. The van der Waals surface area contributed by atoms with Crippen molar-refractivity contribution in [1.29, 1.82) is 0 Å². The van der Waals surface area contributed by atoms with Crippen molar-refractivity contribution in [2.24, 2.45) is 0 Å². The van der Waals surface area contributed by atoms with Crippen LogP contribution in [0.2, 0.25) is 0 Å². The first-order valence-electron chi connectivity index (χ1n) is 6.18. The number of hydrogen-bond acceptors (Lipinski definition) is 2. The topological polar surface area (TPSA) is 29.5 Å². The van der Waals surface area contributed by atoms with E-state index in [-0.39, 0.29) is 0 Å². The minimum atomic E-state index is 0.323. The fourth-order valence-electron chi connectivity index (χ4n) is 1.59. The summed E-state index contributed by atoms with van der Waals surface area (Å²) in [5, 5.41) is 9.12. The van der Waals surface area contributed by atoms with Crippen molar-refractivity contribution in [2.45, 2.75) is 39.0 Å². The molecule has 0 aromatic heterocycles. The van der Waals surface area contributed by atoms with Crippen molar-refractivity contribution in [3.05, 3.63) is 29.8 Å². The van der Waals surface area contributed by atoms with Crippen LogP contribution >= 0.6 is 0 Å². The Bertz CT molecular complexity index is 267. The average Bonchev–Trinajstić information content (AvgIpc) is 2.30. The average molecular weight is 222 g/mol. The van der Waals surface area contributed by atoms with E-state index in [0.29, 0.717) is 5.75 Å². The molecule has 0 aliphatic carbocycles. The minimum Gasteiger partial charge on any atom is -0.508 e. The third-order valence-corrected chi connectivity index (χ3v) is 2.61. The van der Waals surface area contributed by atoms with Gasteiger partial charge < -0.3 is 9.84 Å². The summed E-state index contributed by atoms with van der Waals surface area (Å²) in [5.74, 6) is 0.323. The summed E-state index contributed by atoms with van der Waals surface area (Å²) >= 11 is 0. The van der Waals surface area contributed by atoms with Crippen LogP contribution in [0, 0.1) is 0 Å². The molecule has 16 heavy (non-hydrogen) atoms. The second-order valence-corrected chi connectivity index (χ2v) is 4.09. The molecular weight excluding hydrogens is 200 g/mol. The summed E-state index contributed by atoms with van der Waals surface area (Å²) < 4.78 is 5.55. The number of hydrogen-bond donors (Lipinski definition) is 1. The Morgan fingerprint density at radius 1 is 1.00 bits per heavy atom. The Labute approximate surface area is 98.3 Å². The molecule has 0 saturated heterocycles. The zero-order valence-corrected chi connectivity index (χ0v) is 10.1. The summed E-state index contributed by atoms with van der Waals surface area (Å²) in [6, 6.07) is 7.32. The smallest absolute Gasteiger partial charge is 0.115 e. The molecule has 1 aromatic carbocycles. The maximum atomic E-state index is 9.12. The standard InChI is InChI=1S/C14H22O2/c1-2-3-4-5-11-16-12-10-13-6-8-14(15)9-7-13/h6-9,15H,2-5,10-12H2,1H3. The molecule has 0 heterocycles. The molecule has 0 amide bonds. The van der Waals surface area contributed by atoms with E-state index >= 15 is 0 Å². The van der Waals surface area contributed by atoms with E-state index in [0.717, 1.165) is 19.6 Å². The molecule has 0 aliphatic heterocycles. The highest BCUT2D eigenvalue weighted by atomic mass is 16.5. The lowest BCUT2D eigenvalue weighted by Crippen LogP contribution is -2.00. The van der Waals surface area contributed by atoms with Gasteiger partial charge in [-0.15, -0.1) is 0 Å². The molecule has 90 valence electrons. The molecule has 0 aliphatic rings. The second kappa shape index (κ2) is 8.17. The first-order chi connectivity index (χ1) is 7.83. The zero-order chi connectivity index (χ0) is 11.6. The van der Waals surface area contributed by atoms with Gasteiger partial charge in [0.1, 0.15) is 5.75 Å². The monoisotopic (exact) mass is 222 g/mol. The van der Waals surface area contributed by atoms with Gasteiger partial charge >= 0.3 is 0 Å². The van der Waals surface area contributed by atoms with Gasteiger partial charge in [0.15, 0.2) is 0 Å². The van der Waals surface area contributed by atoms with Gasteiger partial charge in [-0.25, -0.2) is 0 Å². The van der Waals surface area contributed by atoms with Crippen LogP contribution in [0.5, 0.6) is 5.75 Å². The van der Waals surface area contributed by atoms with E-state index < -0.39 is 0 Å². The largest absolute Gasteiger partial charge is 0.508 e. The van der Waals surface area contributed by atoms with Gasteiger partial charge in [-0.3, -0.25) is 0 Å². The number of ether oxygens (including phenoxy) is 1. The van der Waals surface area contributed by atoms with Crippen LogP contribution in [-0.4, -0.2) is 18.3 Å². The van der Waals surface area contributed by atoms with Crippen LogP contribution in [0.3, 0.4) is 0 Å². The highest BCUT2D eigenvalue weighted by Crippen LogP contribution is 2.10. The molecule has 0 fully saturated rings. The van der Waals surface area contributed by atoms with Crippen molar-refractivity contribution in [2.75, 3.05) is 13.2 Å². The fraction of sp³-hybridized carbons (Fsp3) is 0.571. The Kier molecular flexibility index (Phi) is 6.66. The Morgan fingerprint density at radius 3 is 2.44 bits per heavy atom. The number of benzene rings is 1. The molecule has 0 saturated carbocycles. The van der Waals surface area contributed by atoms with Crippen LogP contribution in [0.15, 0.2) is 24.3 Å². The SMILES string of the molecule is CCCCCCOCCc1ccc(O)cc1. The molecule has 1 rings (SSSR count). The van der Waals surface area contributed by atoms with E-state index in [1.165, 1.54) is 31.2 Å². The molecule has 0 atom stereocenters. The van der Waals surface area contributed by atoms with Crippen LogP contribution < -0.4 is 0 Å². The normalized spacial score (nSPS) is 10.6. The Hall–Kier alpha value is -1.02. The van der Waals surface area contributed by atoms with Gasteiger partial charge in [0.2, 0.25) is 0 Å². The molecule has 2 nitrogen and oxygen atoms in total. The summed E-state index contributed by atoms with van der Waals surface area (Å²) in [6.07, 6.45) is 5.95. The molecule has 0 unspecified atom stereocenters. The Balaban J connectivity index is 2.01. The quantitative estimate of drug-likeness (QED) is 0.682. The van der Waals surface area contributed by atoms with Crippen molar-refractivity contribution >= 4 is 0 Å². The lowest BCUT2D eigenvalue weighted by molar-refractivity contribution is 0.133. The Morgan fingerprint density at radius 2 is 1.75 bits per heavy atom. The van der Waals surface area contributed by atoms with E-state index in [4.69, 9.17) is 9.84 Å². The van der Waals surface area contributed by atoms with Crippen molar-refractivity contribution in [3.63, 3.8) is 0 Å². The number of phenols is 1. The lowest BCUT2D eigenvalue weighted by Gasteiger charge is -2.04. The van der Waals surface area contributed by atoms with E-state index in [9.17, 15) is 0 Å². The van der Waals surface area contributed by atoms with Crippen LogP contribution in [0.4, 0.5) is 0 Å². The van der Waals surface area contributed by atoms with Crippen LogP contribution in [0.1, 0.15) is 38.2 Å². The highest BCUT2D eigenvalue weighted by Gasteiger charge is 1.94. The highest BCUT2D eigenvalue weighted by molar-refractivity contribution is 5.25. The molecule has 0 spiro atoms. The van der Waals surface area contributed by atoms with Gasteiger partial charge in [0, 0.05) is 6.61 Å². The molecule has 1 aromatic rings. The molecule has 0 radical (unpaired) electrons. The fourth-order valence-corrected chi connectivity index (χ4v) is 1.59. The summed E-state index contributed by atoms with van der Waals surface area (Å²) in [6.45, 7) is 3.86. The van der Waals surface area contributed by atoms with Gasteiger partial charge in [-0.05, 0) is 30.5 Å². The maximum absolute atomic E-state index is 9.12. The van der Waals surface area contributed by atoms with Crippen molar-refractivity contribution < 1.29 is 9.84 Å². The van der Waals surface area contributed by atoms with Gasteiger partial charge in [-0.1, -0.05) is 38.3 Å². The van der Waals surface area contributed by atoms with Gasteiger partial charge in [0.05, 0.1) is 6.61 Å². The summed E-state index contributed by atoms with van der Waals surface area (Å²) in [5.41, 5.74) is 1.21. The number of phenolic OH excluding ortho intramolecular Hbond substituents is 1. The van der Waals surface area contributed by atoms with Crippen molar-refractivity contribution in [3.8, 4) is 5.75 Å². The lowest BCUT2D eigenvalue weighted by atomic mass is 10.1. The third-order valence-electron chi connectivity index (χ3n) is 2.61. The van der Waals surface area contributed by atoms with E-state index in [1.807, 2.05) is 12.1 Å². The maximum Gasteiger partial charge on any atom is 0.115 e. The summed E-state index contributed by atoms with van der Waals surface area (Å²) in [7, 11) is 0. The van der Waals surface area contributed by atoms with Gasteiger partial charge in [0.25, 0.3) is 0 Å². The number of aromatic hydroxyl groups is 1. The zero-order valence-electron chi connectivity index (χ0n) is 10.1. The van der Waals surface area contributed by atoms with Crippen LogP contribution in [-0.2, 0) is 11.2 Å². The number of unbranched alkanes of at least 4 members (excludes halogenated alkanes) is 3.